The smallest absolute Gasteiger partial charge is 0.148 e. The van der Waals surface area contributed by atoms with Gasteiger partial charge in [-0.3, -0.25) is 0 Å². The number of aliphatic hydroxyl groups is 1. The van der Waals surface area contributed by atoms with Crippen LogP contribution in [0.1, 0.15) is 18.1 Å². The zero-order valence-electron chi connectivity index (χ0n) is 13.0. The van der Waals surface area contributed by atoms with Gasteiger partial charge in [0.05, 0.1) is 0 Å². The Morgan fingerprint density at radius 3 is 1.83 bits per heavy atom. The van der Waals surface area contributed by atoms with Gasteiger partial charge in [0, 0.05) is 5.56 Å². The van der Waals surface area contributed by atoms with Gasteiger partial charge >= 0.3 is 0 Å². The molecule has 0 fully saturated rings. The van der Waals surface area contributed by atoms with Crippen molar-refractivity contribution in [1.29, 1.82) is 0 Å². The maximum atomic E-state index is 10.6. The SMILES string of the molecule is CC(O)(C#Cc1ccccc1)c1ccc(-c2ccccc2)cc1. The molecule has 0 heterocycles. The molecule has 3 aromatic carbocycles. The van der Waals surface area contributed by atoms with Crippen LogP contribution in [0.4, 0.5) is 0 Å². The monoisotopic (exact) mass is 298 g/mol. The lowest BCUT2D eigenvalue weighted by atomic mass is 9.94. The van der Waals surface area contributed by atoms with Gasteiger partial charge in [0.2, 0.25) is 0 Å². The van der Waals surface area contributed by atoms with Crippen molar-refractivity contribution in [3.05, 3.63) is 96.1 Å². The summed E-state index contributed by atoms with van der Waals surface area (Å²) in [6.07, 6.45) is 0. The molecule has 0 amide bonds. The summed E-state index contributed by atoms with van der Waals surface area (Å²) < 4.78 is 0. The number of hydrogen-bond acceptors (Lipinski definition) is 1. The molecule has 0 saturated heterocycles. The van der Waals surface area contributed by atoms with E-state index in [2.05, 4.69) is 24.0 Å². The van der Waals surface area contributed by atoms with Crippen LogP contribution in [-0.2, 0) is 5.60 Å². The molecule has 23 heavy (non-hydrogen) atoms. The van der Waals surface area contributed by atoms with Crippen molar-refractivity contribution in [2.75, 3.05) is 0 Å². The molecule has 112 valence electrons. The van der Waals surface area contributed by atoms with E-state index in [1.807, 2.05) is 72.8 Å². The van der Waals surface area contributed by atoms with Crippen LogP contribution < -0.4 is 0 Å². The molecule has 0 bridgehead atoms. The molecule has 0 aromatic heterocycles. The van der Waals surface area contributed by atoms with Crippen molar-refractivity contribution < 1.29 is 5.11 Å². The van der Waals surface area contributed by atoms with Crippen molar-refractivity contribution in [3.63, 3.8) is 0 Å². The molecule has 1 unspecified atom stereocenters. The Kier molecular flexibility index (Phi) is 4.28. The van der Waals surface area contributed by atoms with E-state index >= 15 is 0 Å². The van der Waals surface area contributed by atoms with Gasteiger partial charge in [0.25, 0.3) is 0 Å². The lowest BCUT2D eigenvalue weighted by molar-refractivity contribution is 0.122. The van der Waals surface area contributed by atoms with Crippen molar-refractivity contribution in [3.8, 4) is 23.0 Å². The fraction of sp³-hybridized carbons (Fsp3) is 0.0909. The van der Waals surface area contributed by atoms with Crippen LogP contribution in [0.5, 0.6) is 0 Å². The molecular formula is C22H18O. The molecule has 0 spiro atoms. The van der Waals surface area contributed by atoms with Gasteiger partial charge in [-0.25, -0.2) is 0 Å². The highest BCUT2D eigenvalue weighted by Crippen LogP contribution is 2.24. The van der Waals surface area contributed by atoms with Crippen LogP contribution in [0, 0.1) is 11.8 Å². The largest absolute Gasteiger partial charge is 0.374 e. The molecule has 0 aliphatic carbocycles. The minimum absolute atomic E-state index is 0.792. The summed E-state index contributed by atoms with van der Waals surface area (Å²) in [5, 5.41) is 10.6. The Hall–Kier alpha value is -2.82. The second kappa shape index (κ2) is 6.52. The van der Waals surface area contributed by atoms with Crippen LogP contribution in [0.3, 0.4) is 0 Å². The summed E-state index contributed by atoms with van der Waals surface area (Å²) in [6, 6.07) is 27.8. The van der Waals surface area contributed by atoms with Crippen LogP contribution in [0.25, 0.3) is 11.1 Å². The molecule has 3 rings (SSSR count). The normalized spacial score (nSPS) is 12.8. The third-order valence-corrected chi connectivity index (χ3v) is 3.78. The van der Waals surface area contributed by atoms with E-state index < -0.39 is 5.60 Å². The first-order valence-corrected chi connectivity index (χ1v) is 7.62. The van der Waals surface area contributed by atoms with E-state index in [1.54, 1.807) is 6.92 Å². The van der Waals surface area contributed by atoms with E-state index in [9.17, 15) is 5.11 Å². The summed E-state index contributed by atoms with van der Waals surface area (Å²) in [7, 11) is 0. The molecule has 0 aliphatic heterocycles. The van der Waals surface area contributed by atoms with E-state index in [4.69, 9.17) is 0 Å². The standard InChI is InChI=1S/C22H18O/c1-22(23,17-16-18-8-4-2-5-9-18)21-14-12-20(13-15-21)19-10-6-3-7-11-19/h2-15,23H,1H3. The highest BCUT2D eigenvalue weighted by atomic mass is 16.3. The van der Waals surface area contributed by atoms with Crippen LogP contribution in [0.15, 0.2) is 84.9 Å². The minimum atomic E-state index is -1.18. The van der Waals surface area contributed by atoms with E-state index in [0.717, 1.165) is 22.3 Å². The third-order valence-electron chi connectivity index (χ3n) is 3.78. The average Bonchev–Trinajstić information content (AvgIpc) is 2.62. The van der Waals surface area contributed by atoms with Gasteiger partial charge in [0.15, 0.2) is 0 Å². The summed E-state index contributed by atoms with van der Waals surface area (Å²) >= 11 is 0. The number of benzene rings is 3. The van der Waals surface area contributed by atoms with Crippen molar-refractivity contribution in [2.45, 2.75) is 12.5 Å². The molecule has 1 heteroatoms. The lowest BCUT2D eigenvalue weighted by Crippen LogP contribution is -2.18. The fourth-order valence-corrected chi connectivity index (χ4v) is 2.41. The fourth-order valence-electron chi connectivity index (χ4n) is 2.41. The minimum Gasteiger partial charge on any atom is -0.374 e. The Bertz CT molecular complexity index is 820. The zero-order chi connectivity index (χ0) is 16.1. The van der Waals surface area contributed by atoms with Gasteiger partial charge < -0.3 is 5.11 Å². The lowest BCUT2D eigenvalue weighted by Gasteiger charge is -2.17. The van der Waals surface area contributed by atoms with E-state index in [-0.39, 0.29) is 0 Å². The first-order valence-electron chi connectivity index (χ1n) is 7.62. The highest BCUT2D eigenvalue weighted by molar-refractivity contribution is 5.63. The molecule has 0 radical (unpaired) electrons. The Morgan fingerprint density at radius 1 is 0.696 bits per heavy atom. The summed E-state index contributed by atoms with van der Waals surface area (Å²) in [4.78, 5) is 0. The van der Waals surface area contributed by atoms with Gasteiger partial charge in [0.1, 0.15) is 5.60 Å². The summed E-state index contributed by atoms with van der Waals surface area (Å²) in [5.74, 6) is 5.99. The Morgan fingerprint density at radius 2 is 1.22 bits per heavy atom. The summed E-state index contributed by atoms with van der Waals surface area (Å²) in [5.41, 5.74) is 2.80. The molecule has 1 N–H and O–H groups in total. The van der Waals surface area contributed by atoms with Crippen molar-refractivity contribution in [1.82, 2.24) is 0 Å². The molecule has 1 atom stereocenters. The average molecular weight is 298 g/mol. The maximum absolute atomic E-state index is 10.6. The van der Waals surface area contributed by atoms with Crippen molar-refractivity contribution >= 4 is 0 Å². The van der Waals surface area contributed by atoms with Gasteiger partial charge in [-0.2, -0.15) is 0 Å². The van der Waals surface area contributed by atoms with E-state index in [0.29, 0.717) is 0 Å². The second-order valence-electron chi connectivity index (χ2n) is 5.63. The Balaban J connectivity index is 1.85. The molecule has 1 nitrogen and oxygen atoms in total. The predicted molar refractivity (Wildman–Crippen MR) is 94.8 cm³/mol. The first kappa shape index (κ1) is 15.1. The predicted octanol–water partition coefficient (Wildman–Crippen LogP) is 4.61. The van der Waals surface area contributed by atoms with E-state index in [1.165, 1.54) is 0 Å². The third kappa shape index (κ3) is 3.69. The van der Waals surface area contributed by atoms with Gasteiger partial charge in [-0.15, -0.1) is 0 Å². The second-order valence-corrected chi connectivity index (χ2v) is 5.63. The highest BCUT2D eigenvalue weighted by Gasteiger charge is 2.19. The molecular weight excluding hydrogens is 280 g/mol. The quantitative estimate of drug-likeness (QED) is 0.685. The van der Waals surface area contributed by atoms with Gasteiger partial charge in [-0.1, -0.05) is 84.6 Å². The van der Waals surface area contributed by atoms with Crippen LogP contribution >= 0.6 is 0 Å². The zero-order valence-corrected chi connectivity index (χ0v) is 13.0. The van der Waals surface area contributed by atoms with Crippen LogP contribution in [-0.4, -0.2) is 5.11 Å². The van der Waals surface area contributed by atoms with Crippen LogP contribution in [0.2, 0.25) is 0 Å². The number of rotatable bonds is 2. The first-order chi connectivity index (χ1) is 11.1. The maximum Gasteiger partial charge on any atom is 0.148 e. The number of hydrogen-bond donors (Lipinski definition) is 1. The topological polar surface area (TPSA) is 20.2 Å². The molecule has 0 aliphatic rings. The Labute approximate surface area is 137 Å². The summed E-state index contributed by atoms with van der Waals surface area (Å²) in [6.45, 7) is 1.72. The van der Waals surface area contributed by atoms with Gasteiger partial charge in [-0.05, 0) is 35.7 Å². The van der Waals surface area contributed by atoms with Crippen molar-refractivity contribution in [2.24, 2.45) is 0 Å². The molecule has 3 aromatic rings. The molecule has 0 saturated carbocycles.